The lowest BCUT2D eigenvalue weighted by molar-refractivity contribution is 0.102. The maximum absolute atomic E-state index is 13.3. The van der Waals surface area contributed by atoms with Gasteiger partial charge in [0.25, 0.3) is 5.91 Å². The molecule has 0 fully saturated rings. The molecule has 2 N–H and O–H groups in total. The number of amides is 1. The highest BCUT2D eigenvalue weighted by molar-refractivity contribution is 9.10. The van der Waals surface area contributed by atoms with Crippen LogP contribution in [-0.4, -0.2) is 18.1 Å². The highest BCUT2D eigenvalue weighted by Gasteiger charge is 2.21. The molecule has 6 heteroatoms. The molecule has 0 heterocycles. The van der Waals surface area contributed by atoms with Crippen molar-refractivity contribution in [3.05, 3.63) is 105 Å². The highest BCUT2D eigenvalue weighted by Crippen LogP contribution is 2.37. The summed E-state index contributed by atoms with van der Waals surface area (Å²) in [6.07, 6.45) is -0.944. The van der Waals surface area contributed by atoms with E-state index < -0.39 is 6.10 Å². The van der Waals surface area contributed by atoms with Gasteiger partial charge in [-0.05, 0) is 56.5 Å². The van der Waals surface area contributed by atoms with E-state index in [0.717, 1.165) is 10.8 Å². The monoisotopic (exact) mass is 495 g/mol. The molecule has 4 rings (SSSR count). The van der Waals surface area contributed by atoms with Gasteiger partial charge in [0.15, 0.2) is 0 Å². The Hall–Kier alpha value is -2.86. The number of hydrogen-bond acceptors (Lipinski definition) is 3. The summed E-state index contributed by atoms with van der Waals surface area (Å²) in [5.74, 6) is 0.0856. The van der Waals surface area contributed by atoms with Gasteiger partial charge in [0, 0.05) is 16.3 Å². The second-order valence-corrected chi connectivity index (χ2v) is 8.22. The fourth-order valence-corrected chi connectivity index (χ4v) is 4.45. The van der Waals surface area contributed by atoms with E-state index in [0.29, 0.717) is 37.6 Å². The molecule has 0 saturated carbocycles. The third-order valence-electron chi connectivity index (χ3n) is 5.06. The number of carbonyl (C=O) groups is 1. The summed E-state index contributed by atoms with van der Waals surface area (Å²) >= 11 is 9.75. The summed E-state index contributed by atoms with van der Waals surface area (Å²) in [5.41, 5.74) is 2.05. The minimum Gasteiger partial charge on any atom is -0.495 e. The fraction of sp³-hybridized carbons (Fsp3) is 0.0800. The molecule has 1 amide bonds. The molecule has 0 saturated heterocycles. The Morgan fingerprint density at radius 2 is 1.74 bits per heavy atom. The molecule has 0 aromatic heterocycles. The third-order valence-corrected chi connectivity index (χ3v) is 6.08. The van der Waals surface area contributed by atoms with E-state index in [9.17, 15) is 9.90 Å². The Balaban J connectivity index is 1.75. The van der Waals surface area contributed by atoms with Gasteiger partial charge in [0.1, 0.15) is 11.9 Å². The first-order chi connectivity index (χ1) is 15.0. The molecule has 4 aromatic carbocycles. The molecule has 4 aromatic rings. The molecule has 0 aliphatic rings. The molecule has 0 aliphatic heterocycles. The summed E-state index contributed by atoms with van der Waals surface area (Å²) < 4.78 is 6.24. The number of hydrogen-bond donors (Lipinski definition) is 2. The lowest BCUT2D eigenvalue weighted by atomic mass is 9.99. The summed E-state index contributed by atoms with van der Waals surface area (Å²) in [7, 11) is 1.53. The highest BCUT2D eigenvalue weighted by atomic mass is 79.9. The van der Waals surface area contributed by atoms with Crippen LogP contribution in [0.2, 0.25) is 5.02 Å². The van der Waals surface area contributed by atoms with Gasteiger partial charge in [-0.1, -0.05) is 66.2 Å². The SMILES string of the molecule is COc1c(C(=O)Nc2ccc(Cl)cc2[C@H](O)c2ccccc2)cc2ccccc2c1Br. The molecule has 0 bridgehead atoms. The zero-order chi connectivity index (χ0) is 22.0. The molecule has 0 radical (unpaired) electrons. The molecular weight excluding hydrogens is 478 g/mol. The molecule has 0 unspecified atom stereocenters. The van der Waals surface area contributed by atoms with Crippen LogP contribution in [0, 0.1) is 0 Å². The number of rotatable bonds is 5. The Labute approximate surface area is 193 Å². The van der Waals surface area contributed by atoms with E-state index in [2.05, 4.69) is 21.2 Å². The van der Waals surface area contributed by atoms with Crippen molar-refractivity contribution in [1.82, 2.24) is 0 Å². The zero-order valence-corrected chi connectivity index (χ0v) is 18.9. The molecular formula is C25H19BrClNO3. The molecule has 4 nitrogen and oxygen atoms in total. The Kier molecular flexibility index (Phi) is 6.28. The van der Waals surface area contributed by atoms with E-state index in [-0.39, 0.29) is 5.91 Å². The fourth-order valence-electron chi connectivity index (χ4n) is 3.53. The van der Waals surface area contributed by atoms with Crippen molar-refractivity contribution in [1.29, 1.82) is 0 Å². The van der Waals surface area contributed by atoms with Crippen LogP contribution in [0.4, 0.5) is 5.69 Å². The number of anilines is 1. The maximum Gasteiger partial charge on any atom is 0.259 e. The first-order valence-electron chi connectivity index (χ1n) is 9.58. The molecule has 0 spiro atoms. The van der Waals surface area contributed by atoms with Crippen LogP contribution in [0.15, 0.2) is 83.3 Å². The number of methoxy groups -OCH3 is 1. The number of nitrogens with one attached hydrogen (secondary N) is 1. The van der Waals surface area contributed by atoms with Crippen LogP contribution >= 0.6 is 27.5 Å². The number of aliphatic hydroxyl groups is 1. The predicted molar refractivity (Wildman–Crippen MR) is 128 cm³/mol. The average Bonchev–Trinajstić information content (AvgIpc) is 2.80. The van der Waals surface area contributed by atoms with Gasteiger partial charge in [-0.15, -0.1) is 0 Å². The number of aliphatic hydroxyl groups excluding tert-OH is 1. The lowest BCUT2D eigenvalue weighted by Gasteiger charge is -2.18. The van der Waals surface area contributed by atoms with Crippen LogP contribution in [0.1, 0.15) is 27.6 Å². The van der Waals surface area contributed by atoms with Crippen molar-refractivity contribution < 1.29 is 14.6 Å². The van der Waals surface area contributed by atoms with Crippen molar-refractivity contribution in [2.75, 3.05) is 12.4 Å². The van der Waals surface area contributed by atoms with Crippen LogP contribution < -0.4 is 10.1 Å². The number of benzene rings is 4. The van der Waals surface area contributed by atoms with Gasteiger partial charge < -0.3 is 15.2 Å². The van der Waals surface area contributed by atoms with Gasteiger partial charge in [0.2, 0.25) is 0 Å². The first-order valence-corrected chi connectivity index (χ1v) is 10.8. The number of halogens is 2. The summed E-state index contributed by atoms with van der Waals surface area (Å²) in [6, 6.07) is 23.7. The van der Waals surface area contributed by atoms with E-state index in [1.54, 1.807) is 24.3 Å². The Morgan fingerprint density at radius 1 is 1.03 bits per heavy atom. The van der Waals surface area contributed by atoms with Gasteiger partial charge in [-0.25, -0.2) is 0 Å². The summed E-state index contributed by atoms with van der Waals surface area (Å²) in [6.45, 7) is 0. The van der Waals surface area contributed by atoms with Crippen LogP contribution in [0.5, 0.6) is 5.75 Å². The number of fused-ring (bicyclic) bond motifs is 1. The van der Waals surface area contributed by atoms with Crippen LogP contribution in [-0.2, 0) is 0 Å². The van der Waals surface area contributed by atoms with Gasteiger partial charge >= 0.3 is 0 Å². The topological polar surface area (TPSA) is 58.6 Å². The first kappa shape index (κ1) is 21.4. The Morgan fingerprint density at radius 3 is 2.48 bits per heavy atom. The number of carbonyl (C=O) groups excluding carboxylic acids is 1. The second kappa shape index (κ2) is 9.10. The van der Waals surface area contributed by atoms with Crippen molar-refractivity contribution >= 4 is 49.9 Å². The predicted octanol–water partition coefficient (Wildman–Crippen LogP) is 6.60. The maximum atomic E-state index is 13.3. The van der Waals surface area contributed by atoms with E-state index in [1.807, 2.05) is 54.6 Å². The summed E-state index contributed by atoms with van der Waals surface area (Å²) in [4.78, 5) is 13.3. The molecule has 0 aliphatic carbocycles. The number of ether oxygens (including phenoxy) is 1. The van der Waals surface area contributed by atoms with E-state index in [1.165, 1.54) is 7.11 Å². The van der Waals surface area contributed by atoms with E-state index in [4.69, 9.17) is 16.3 Å². The second-order valence-electron chi connectivity index (χ2n) is 6.99. The lowest BCUT2D eigenvalue weighted by Crippen LogP contribution is -2.16. The van der Waals surface area contributed by atoms with Gasteiger partial charge in [-0.3, -0.25) is 4.79 Å². The zero-order valence-electron chi connectivity index (χ0n) is 16.6. The van der Waals surface area contributed by atoms with Crippen molar-refractivity contribution in [3.63, 3.8) is 0 Å². The average molecular weight is 497 g/mol. The molecule has 31 heavy (non-hydrogen) atoms. The minimum absolute atomic E-state index is 0.355. The van der Waals surface area contributed by atoms with Crippen LogP contribution in [0.3, 0.4) is 0 Å². The van der Waals surface area contributed by atoms with Crippen LogP contribution in [0.25, 0.3) is 10.8 Å². The molecule has 156 valence electrons. The van der Waals surface area contributed by atoms with Gasteiger partial charge in [-0.2, -0.15) is 0 Å². The largest absolute Gasteiger partial charge is 0.495 e. The third kappa shape index (κ3) is 4.30. The summed E-state index contributed by atoms with van der Waals surface area (Å²) in [5, 5.41) is 16.2. The van der Waals surface area contributed by atoms with E-state index >= 15 is 0 Å². The molecule has 1 atom stereocenters. The van der Waals surface area contributed by atoms with Crippen molar-refractivity contribution in [2.45, 2.75) is 6.10 Å². The van der Waals surface area contributed by atoms with Crippen molar-refractivity contribution in [3.8, 4) is 5.75 Å². The Bertz CT molecular complexity index is 1260. The smallest absolute Gasteiger partial charge is 0.259 e. The standard InChI is InChI=1S/C25H19BrClNO3/c1-31-24-20(13-16-9-5-6-10-18(16)22(24)26)25(30)28-21-12-11-17(27)14-19(21)23(29)15-7-3-2-4-8-15/h2-14,23,29H,1H3,(H,28,30)/t23-/m1/s1. The van der Waals surface area contributed by atoms with Gasteiger partial charge in [0.05, 0.1) is 17.1 Å². The normalized spacial score (nSPS) is 11.9. The minimum atomic E-state index is -0.944. The van der Waals surface area contributed by atoms with Crippen molar-refractivity contribution in [2.24, 2.45) is 0 Å². The quantitative estimate of drug-likeness (QED) is 0.327.